The number of anilines is 1. The van der Waals surface area contributed by atoms with E-state index in [0.29, 0.717) is 17.9 Å². The summed E-state index contributed by atoms with van der Waals surface area (Å²) >= 11 is 2.15. The van der Waals surface area contributed by atoms with Crippen molar-refractivity contribution in [3.63, 3.8) is 0 Å². The zero-order valence-electron chi connectivity index (χ0n) is 19.7. The number of aliphatic hydroxyl groups excluding tert-OH is 1. The molecule has 0 aliphatic carbocycles. The summed E-state index contributed by atoms with van der Waals surface area (Å²) in [5.41, 5.74) is 5.57. The number of nitrogens with zero attached hydrogens (tertiary/aromatic N) is 5. The maximum absolute atomic E-state index is 13.1. The van der Waals surface area contributed by atoms with Crippen molar-refractivity contribution in [3.05, 3.63) is 17.1 Å². The number of aromatic nitrogens is 2. The number of fused-ring (bicyclic) bond motifs is 4. The molecule has 5 aliphatic rings. The van der Waals surface area contributed by atoms with Gasteiger partial charge in [0.2, 0.25) is 11.5 Å². The first kappa shape index (κ1) is 25.8. The number of quaternary nitrogens is 1. The molecule has 0 spiro atoms. The van der Waals surface area contributed by atoms with Crippen LogP contribution in [0.15, 0.2) is 16.4 Å². The Labute approximate surface area is 219 Å². The molecule has 37 heavy (non-hydrogen) atoms. The van der Waals surface area contributed by atoms with Crippen LogP contribution in [-0.2, 0) is 19.2 Å². The predicted octanol–water partition coefficient (Wildman–Crippen LogP) is -1.84. The van der Waals surface area contributed by atoms with E-state index in [1.165, 1.54) is 16.7 Å². The van der Waals surface area contributed by atoms with E-state index in [9.17, 15) is 29.0 Å². The smallest absolute Gasteiger partial charge is 0.278 e. The van der Waals surface area contributed by atoms with Crippen molar-refractivity contribution in [2.24, 2.45) is 10.6 Å². The first-order chi connectivity index (χ1) is 17.7. The molecule has 4 N–H and O–H groups in total. The molecule has 0 aromatic carbocycles. The number of hydrogen-bond donors (Lipinski definition) is 3. The van der Waals surface area contributed by atoms with Crippen LogP contribution in [0, 0.1) is 5.41 Å². The topological polar surface area (TPSA) is 183 Å². The Balaban J connectivity index is 1.32. The molecule has 1 aromatic heterocycles. The van der Waals surface area contributed by atoms with Gasteiger partial charge in [-0.05, 0) is 0 Å². The number of β-lactam (4-membered cyclic amide) rings is 1. The van der Waals surface area contributed by atoms with Crippen molar-refractivity contribution >= 4 is 51.9 Å². The Morgan fingerprint density at radius 1 is 1.35 bits per heavy atom. The number of hydrogen-bond acceptors (Lipinski definition) is 12. The lowest BCUT2D eigenvalue weighted by atomic mass is 9.71. The van der Waals surface area contributed by atoms with Gasteiger partial charge in [-0.3, -0.25) is 14.5 Å². The van der Waals surface area contributed by atoms with E-state index in [-0.39, 0.29) is 28.7 Å². The second-order valence-corrected chi connectivity index (χ2v) is 11.7. The standard InChI is InChI=1S/C21H26FN7O6S2/c22-10-35-26-12(15-25-20(23)37-27-15)16(31)24-13-17(32)28-14(19(33)34)11(8-36-18(13)28)7-29-4-1-21(9-30,2-5-29)3-6-29/h13,18,30H,1-10H2,(H3-,23,24,25,27,31,33,34)/b26-12-/t13-,18+,21?,29?/m1/s1. The molecule has 200 valence electrons. The Morgan fingerprint density at radius 2 is 2.05 bits per heavy atom. The summed E-state index contributed by atoms with van der Waals surface area (Å²) in [6.07, 6.45) is 2.67. The molecule has 16 heteroatoms. The molecular formula is C21H26FN7O6S2. The Kier molecular flexibility index (Phi) is 6.84. The summed E-state index contributed by atoms with van der Waals surface area (Å²) in [6.45, 7) is 1.93. The highest BCUT2D eigenvalue weighted by Crippen LogP contribution is 2.46. The maximum atomic E-state index is 13.1. The number of aliphatic carboxylic acids is 1. The number of alkyl halides is 1. The fraction of sp³-hybridized carbons (Fsp3) is 0.619. The minimum absolute atomic E-state index is 0.0198. The van der Waals surface area contributed by atoms with Crippen molar-refractivity contribution in [1.29, 1.82) is 0 Å². The third-order valence-electron chi connectivity index (χ3n) is 7.81. The number of nitrogens with two attached hydrogens (primary N) is 1. The van der Waals surface area contributed by atoms with Gasteiger partial charge in [-0.15, -0.1) is 11.8 Å². The molecule has 4 saturated heterocycles. The minimum Gasteiger partial charge on any atom is -0.543 e. The van der Waals surface area contributed by atoms with E-state index in [0.717, 1.165) is 54.9 Å². The first-order valence-electron chi connectivity index (χ1n) is 11.7. The number of amides is 2. The number of halogens is 1. The van der Waals surface area contributed by atoms with Gasteiger partial charge >= 0.3 is 0 Å². The van der Waals surface area contributed by atoms with Crippen molar-refractivity contribution in [2.45, 2.75) is 30.7 Å². The average Bonchev–Trinajstić information content (AvgIpc) is 3.33. The zero-order valence-corrected chi connectivity index (χ0v) is 21.4. The minimum atomic E-state index is -1.43. The number of rotatable bonds is 9. The number of piperidine rings is 3. The number of aliphatic hydroxyl groups is 1. The number of carboxylic acids is 1. The van der Waals surface area contributed by atoms with Gasteiger partial charge in [-0.2, -0.15) is 9.36 Å². The molecule has 4 fully saturated rings. The lowest BCUT2D eigenvalue weighted by Gasteiger charge is -2.56. The van der Waals surface area contributed by atoms with E-state index in [1.807, 2.05) is 0 Å². The summed E-state index contributed by atoms with van der Waals surface area (Å²) in [5, 5.41) is 27.3. The monoisotopic (exact) mass is 555 g/mol. The van der Waals surface area contributed by atoms with Crippen molar-refractivity contribution < 1.29 is 38.3 Å². The van der Waals surface area contributed by atoms with Gasteiger partial charge in [0.25, 0.3) is 18.7 Å². The molecule has 6 rings (SSSR count). The Hall–Kier alpha value is -2.82. The third-order valence-corrected chi connectivity index (χ3v) is 9.69. The molecule has 1 aromatic rings. The highest BCUT2D eigenvalue weighted by atomic mass is 32.2. The second kappa shape index (κ2) is 9.81. The number of nitrogens with one attached hydrogen (secondary N) is 1. The maximum Gasteiger partial charge on any atom is 0.278 e. The quantitative estimate of drug-likeness (QED) is 0.136. The van der Waals surface area contributed by atoms with Crippen LogP contribution in [0.3, 0.4) is 0 Å². The number of carbonyl (C=O) groups excluding carboxylic acids is 3. The van der Waals surface area contributed by atoms with Gasteiger partial charge in [0.1, 0.15) is 18.0 Å². The molecule has 0 saturated carbocycles. The molecule has 0 unspecified atom stereocenters. The molecule has 2 atom stereocenters. The fourth-order valence-electron chi connectivity index (χ4n) is 5.62. The number of oxime groups is 1. The second-order valence-electron chi connectivity index (χ2n) is 9.81. The summed E-state index contributed by atoms with van der Waals surface area (Å²) in [5.74, 6) is -2.74. The molecule has 0 radical (unpaired) electrons. The Morgan fingerprint density at radius 3 is 2.62 bits per heavy atom. The summed E-state index contributed by atoms with van der Waals surface area (Å²) in [4.78, 5) is 47.5. The average molecular weight is 556 g/mol. The summed E-state index contributed by atoms with van der Waals surface area (Å²) < 4.78 is 17.1. The predicted molar refractivity (Wildman–Crippen MR) is 128 cm³/mol. The summed E-state index contributed by atoms with van der Waals surface area (Å²) in [7, 11) is 0. The molecule has 6 heterocycles. The highest BCUT2D eigenvalue weighted by molar-refractivity contribution is 8.00. The van der Waals surface area contributed by atoms with Crippen LogP contribution in [0.25, 0.3) is 0 Å². The van der Waals surface area contributed by atoms with Crippen LogP contribution >= 0.6 is 23.3 Å². The van der Waals surface area contributed by atoms with Gasteiger partial charge in [0.15, 0.2) is 5.13 Å². The first-order valence-corrected chi connectivity index (χ1v) is 13.5. The lowest BCUT2D eigenvalue weighted by Crippen LogP contribution is -2.72. The van der Waals surface area contributed by atoms with E-state index < -0.39 is 41.8 Å². The molecular weight excluding hydrogens is 529 g/mol. The van der Waals surface area contributed by atoms with Gasteiger partial charge in [-0.25, -0.2) is 4.39 Å². The Bertz CT molecular complexity index is 1170. The van der Waals surface area contributed by atoms with E-state index in [2.05, 4.69) is 24.7 Å². The van der Waals surface area contributed by atoms with E-state index >= 15 is 0 Å². The van der Waals surface area contributed by atoms with Crippen LogP contribution in [0.5, 0.6) is 0 Å². The zero-order chi connectivity index (χ0) is 26.4. The van der Waals surface area contributed by atoms with Gasteiger partial charge in [-0.1, -0.05) is 5.16 Å². The van der Waals surface area contributed by atoms with Crippen LogP contribution in [0.1, 0.15) is 25.1 Å². The highest BCUT2D eigenvalue weighted by Gasteiger charge is 2.55. The number of thioether (sulfide) groups is 1. The lowest BCUT2D eigenvalue weighted by molar-refractivity contribution is -0.941. The van der Waals surface area contributed by atoms with Crippen LogP contribution < -0.4 is 16.2 Å². The number of nitrogen functional groups attached to an aromatic ring is 1. The van der Waals surface area contributed by atoms with Gasteiger partial charge in [0.05, 0.1) is 31.3 Å². The normalized spacial score (nSPS) is 31.1. The molecule has 13 nitrogen and oxygen atoms in total. The van der Waals surface area contributed by atoms with Crippen LogP contribution in [-0.4, -0.2) is 104 Å². The van der Waals surface area contributed by atoms with Crippen molar-refractivity contribution in [3.8, 4) is 0 Å². The summed E-state index contributed by atoms with van der Waals surface area (Å²) in [6, 6.07) is -1.04. The number of carboxylic acid groups (broad SMARTS) is 1. The SMILES string of the molecule is Nc1nc(/C(=N/OCF)C(=O)N[C@@H]2C(=O)N3C(C(=O)[O-])=C(C[N+]45CCC(CO)(CC4)CC5)CS[C@@H]23)ns1. The largest absolute Gasteiger partial charge is 0.543 e. The third kappa shape index (κ3) is 4.55. The fourth-order valence-corrected chi connectivity index (χ4v) is 7.39. The molecule has 2 amide bonds. The van der Waals surface area contributed by atoms with Crippen molar-refractivity contribution in [2.75, 3.05) is 51.1 Å². The molecule has 2 bridgehead atoms. The van der Waals surface area contributed by atoms with E-state index in [4.69, 9.17) is 5.73 Å². The molecule has 5 aliphatic heterocycles. The van der Waals surface area contributed by atoms with Gasteiger partial charge < -0.3 is 35.4 Å². The van der Waals surface area contributed by atoms with Crippen molar-refractivity contribution in [1.82, 2.24) is 19.6 Å². The van der Waals surface area contributed by atoms with Crippen LogP contribution in [0.2, 0.25) is 0 Å². The van der Waals surface area contributed by atoms with E-state index in [1.54, 1.807) is 0 Å². The van der Waals surface area contributed by atoms with Gasteiger partial charge in [0, 0.05) is 54.1 Å². The number of carbonyl (C=O) groups is 3. The van der Waals surface area contributed by atoms with Crippen LogP contribution in [0.4, 0.5) is 9.52 Å².